The van der Waals surface area contributed by atoms with E-state index in [1.54, 1.807) is 6.08 Å². The second kappa shape index (κ2) is 6.79. The Balaban J connectivity index is 1.76. The van der Waals surface area contributed by atoms with Gasteiger partial charge in [0.15, 0.2) is 16.6 Å². The summed E-state index contributed by atoms with van der Waals surface area (Å²) in [5.74, 6) is 0.0270. The van der Waals surface area contributed by atoms with Crippen LogP contribution < -0.4 is 5.43 Å². The van der Waals surface area contributed by atoms with Gasteiger partial charge in [0, 0.05) is 17.0 Å². The molecule has 0 bridgehead atoms. The van der Waals surface area contributed by atoms with E-state index in [2.05, 4.69) is 20.7 Å². The summed E-state index contributed by atoms with van der Waals surface area (Å²) in [7, 11) is -3.08. The molecule has 1 aromatic rings. The lowest BCUT2D eigenvalue weighted by Gasteiger charge is -2.07. The number of rotatable bonds is 3. The molecule has 1 N–H and O–H groups in total. The summed E-state index contributed by atoms with van der Waals surface area (Å²) >= 11 is 0. The van der Waals surface area contributed by atoms with Crippen molar-refractivity contribution < 1.29 is 21.9 Å². The van der Waals surface area contributed by atoms with Crippen LogP contribution in [-0.2, 0) is 10.8 Å². The Bertz CT molecular complexity index is 849. The molecule has 0 fully saturated rings. The lowest BCUT2D eigenvalue weighted by Crippen LogP contribution is -2.16. The molecule has 2 unspecified atom stereocenters. The van der Waals surface area contributed by atoms with E-state index < -0.39 is 22.2 Å². The van der Waals surface area contributed by atoms with Gasteiger partial charge in [0.2, 0.25) is 0 Å². The molecule has 2 heterocycles. The standard InChI is InChI=1S/C15H13F3N4O2S/c1-9-5-8-12(21-20-9)14-19-13(22-24-14)10-3-2-4-11(7-6-10)25(23)15(16,17)18/h2-7,10,20H,8H2,1H3. The van der Waals surface area contributed by atoms with Gasteiger partial charge in [0.25, 0.3) is 5.89 Å². The fourth-order valence-corrected chi connectivity index (χ4v) is 2.81. The highest BCUT2D eigenvalue weighted by atomic mass is 32.2. The molecule has 6 nitrogen and oxygen atoms in total. The highest BCUT2D eigenvalue weighted by Gasteiger charge is 2.38. The smallest absolute Gasteiger partial charge is 0.333 e. The first-order valence-corrected chi connectivity index (χ1v) is 8.38. The second-order valence-corrected chi connectivity index (χ2v) is 6.74. The van der Waals surface area contributed by atoms with Crippen LogP contribution in [0.3, 0.4) is 0 Å². The van der Waals surface area contributed by atoms with Gasteiger partial charge in [-0.1, -0.05) is 29.5 Å². The van der Waals surface area contributed by atoms with E-state index in [4.69, 9.17) is 4.52 Å². The molecule has 10 heteroatoms. The van der Waals surface area contributed by atoms with Crippen molar-refractivity contribution in [1.82, 2.24) is 15.6 Å². The van der Waals surface area contributed by atoms with E-state index in [-0.39, 0.29) is 16.6 Å². The van der Waals surface area contributed by atoms with E-state index in [0.717, 1.165) is 17.8 Å². The highest BCUT2D eigenvalue weighted by Crippen LogP contribution is 2.28. The van der Waals surface area contributed by atoms with Gasteiger partial charge in [0.05, 0.1) is 5.92 Å². The number of hydrogen-bond donors (Lipinski definition) is 1. The minimum absolute atomic E-state index is 0.240. The fraction of sp³-hybridized carbons (Fsp3) is 0.267. The van der Waals surface area contributed by atoms with E-state index in [0.29, 0.717) is 12.1 Å². The van der Waals surface area contributed by atoms with Crippen molar-refractivity contribution in [1.29, 1.82) is 0 Å². The summed E-state index contributed by atoms with van der Waals surface area (Å²) < 4.78 is 54.3. The zero-order valence-corrected chi connectivity index (χ0v) is 13.8. The molecule has 2 atom stereocenters. The molecule has 25 heavy (non-hydrogen) atoms. The Morgan fingerprint density at radius 2 is 2.16 bits per heavy atom. The first kappa shape index (κ1) is 17.3. The number of allylic oxidation sites excluding steroid dienone is 7. The van der Waals surface area contributed by atoms with Crippen molar-refractivity contribution in [2.45, 2.75) is 24.8 Å². The fourth-order valence-electron chi connectivity index (χ4n) is 2.14. The number of aromatic nitrogens is 2. The van der Waals surface area contributed by atoms with Crippen molar-refractivity contribution in [2.75, 3.05) is 0 Å². The largest absolute Gasteiger partial charge is 0.475 e. The molecule has 0 spiro atoms. The predicted octanol–water partition coefficient (Wildman–Crippen LogP) is 3.03. The van der Waals surface area contributed by atoms with Crippen LogP contribution in [0.1, 0.15) is 31.0 Å². The van der Waals surface area contributed by atoms with Gasteiger partial charge in [-0.2, -0.15) is 23.3 Å². The molecule has 0 amide bonds. The topological polar surface area (TPSA) is 80.4 Å². The van der Waals surface area contributed by atoms with Crippen molar-refractivity contribution >= 4 is 16.5 Å². The minimum Gasteiger partial charge on any atom is -0.333 e. The molecule has 3 rings (SSSR count). The number of nitrogens with one attached hydrogen (secondary N) is 1. The quantitative estimate of drug-likeness (QED) is 0.885. The molecular formula is C15H13F3N4O2S. The third-order valence-electron chi connectivity index (χ3n) is 3.43. The van der Waals surface area contributed by atoms with Gasteiger partial charge in [-0.25, -0.2) is 4.21 Å². The van der Waals surface area contributed by atoms with Gasteiger partial charge in [-0.15, -0.1) is 0 Å². The van der Waals surface area contributed by atoms with E-state index >= 15 is 0 Å². The summed E-state index contributed by atoms with van der Waals surface area (Å²) in [5.41, 5.74) is -0.515. The molecule has 0 radical (unpaired) electrons. The van der Waals surface area contributed by atoms with Gasteiger partial charge in [0.1, 0.15) is 5.71 Å². The van der Waals surface area contributed by atoms with Crippen LogP contribution >= 0.6 is 0 Å². The van der Waals surface area contributed by atoms with Crippen LogP contribution in [0, 0.1) is 0 Å². The lowest BCUT2D eigenvalue weighted by atomic mass is 10.1. The van der Waals surface area contributed by atoms with Crippen LogP contribution in [-0.4, -0.2) is 25.6 Å². The molecule has 132 valence electrons. The zero-order valence-electron chi connectivity index (χ0n) is 12.9. The monoisotopic (exact) mass is 370 g/mol. The highest BCUT2D eigenvalue weighted by molar-refractivity contribution is 7.90. The Kier molecular flexibility index (Phi) is 4.71. The first-order valence-electron chi connectivity index (χ1n) is 7.23. The first-order chi connectivity index (χ1) is 11.8. The van der Waals surface area contributed by atoms with Gasteiger partial charge < -0.3 is 4.52 Å². The van der Waals surface area contributed by atoms with E-state index in [1.165, 1.54) is 12.2 Å². The minimum atomic E-state index is -4.80. The van der Waals surface area contributed by atoms with Crippen LogP contribution in [0.4, 0.5) is 13.2 Å². The number of halogens is 3. The van der Waals surface area contributed by atoms with Crippen molar-refractivity contribution in [3.05, 3.63) is 58.8 Å². The molecule has 1 aromatic heterocycles. The predicted molar refractivity (Wildman–Crippen MR) is 85.6 cm³/mol. The number of nitrogens with zero attached hydrogens (tertiary/aromatic N) is 3. The molecule has 0 saturated carbocycles. The normalized spacial score (nSPS) is 21.8. The second-order valence-electron chi connectivity index (χ2n) is 5.27. The molecule has 0 aromatic carbocycles. The maximum atomic E-state index is 12.6. The summed E-state index contributed by atoms with van der Waals surface area (Å²) in [6, 6.07) is 0. The van der Waals surface area contributed by atoms with Crippen LogP contribution in [0.5, 0.6) is 0 Å². The summed E-state index contributed by atoms with van der Waals surface area (Å²) in [4.78, 5) is 3.90. The Morgan fingerprint density at radius 1 is 1.36 bits per heavy atom. The van der Waals surface area contributed by atoms with E-state index in [1.807, 2.05) is 13.0 Å². The number of alkyl halides is 3. The molecule has 1 aliphatic heterocycles. The SMILES string of the molecule is CC1=CCC(c2nc(C3C=CC=C(S(=O)C(F)(F)F)C=C3)no2)=NN1. The molecule has 0 saturated heterocycles. The van der Waals surface area contributed by atoms with Gasteiger partial charge in [-0.05, 0) is 19.1 Å². The lowest BCUT2D eigenvalue weighted by molar-refractivity contribution is -0.0376. The molecule has 2 aliphatic rings. The molecule has 1 aliphatic carbocycles. The van der Waals surface area contributed by atoms with Crippen LogP contribution in [0.15, 0.2) is 56.7 Å². The van der Waals surface area contributed by atoms with Crippen molar-refractivity contribution in [3.8, 4) is 0 Å². The number of hydrogen-bond acceptors (Lipinski definition) is 6. The molecular weight excluding hydrogens is 357 g/mol. The maximum Gasteiger partial charge on any atom is 0.475 e. The average molecular weight is 370 g/mol. The Morgan fingerprint density at radius 3 is 2.84 bits per heavy atom. The number of hydrazone groups is 1. The van der Waals surface area contributed by atoms with Crippen molar-refractivity contribution in [3.63, 3.8) is 0 Å². The van der Waals surface area contributed by atoms with Gasteiger partial charge in [-0.3, -0.25) is 5.43 Å². The van der Waals surface area contributed by atoms with Gasteiger partial charge >= 0.3 is 5.51 Å². The zero-order chi connectivity index (χ0) is 18.0. The van der Waals surface area contributed by atoms with E-state index in [9.17, 15) is 17.4 Å². The summed E-state index contributed by atoms with van der Waals surface area (Å²) in [6.45, 7) is 1.87. The summed E-state index contributed by atoms with van der Waals surface area (Å²) in [5, 5.41) is 7.97. The van der Waals surface area contributed by atoms with Crippen molar-refractivity contribution in [2.24, 2.45) is 5.10 Å². The Hall–Kier alpha value is -2.49. The third kappa shape index (κ3) is 3.95. The third-order valence-corrected chi connectivity index (χ3v) is 4.55. The maximum absolute atomic E-state index is 12.6. The van der Waals surface area contributed by atoms with Crippen LogP contribution in [0.2, 0.25) is 0 Å². The average Bonchev–Trinajstić information content (AvgIpc) is 2.92. The Labute approximate surface area is 143 Å². The summed E-state index contributed by atoms with van der Waals surface area (Å²) in [6.07, 6.45) is 9.20. The van der Waals surface area contributed by atoms with Crippen LogP contribution in [0.25, 0.3) is 0 Å².